The highest BCUT2D eigenvalue weighted by molar-refractivity contribution is 7.13. The van der Waals surface area contributed by atoms with Crippen molar-refractivity contribution in [1.29, 1.82) is 0 Å². The number of carbonyl (C=O) groups excluding carboxylic acids is 1. The van der Waals surface area contributed by atoms with Crippen LogP contribution in [0, 0.1) is 6.92 Å². The van der Waals surface area contributed by atoms with Gasteiger partial charge in [-0.2, -0.15) is 0 Å². The van der Waals surface area contributed by atoms with Crippen molar-refractivity contribution < 1.29 is 9.53 Å². The molecule has 6 heteroatoms. The molecule has 1 aromatic carbocycles. The second-order valence-corrected chi connectivity index (χ2v) is 7.44. The van der Waals surface area contributed by atoms with E-state index in [1.807, 2.05) is 37.3 Å². The maximum Gasteiger partial charge on any atom is 0.263 e. The molecule has 0 fully saturated rings. The number of thiazole rings is 1. The Morgan fingerprint density at radius 1 is 1.27 bits per heavy atom. The topological polar surface area (TPSA) is 64.1 Å². The van der Waals surface area contributed by atoms with E-state index in [0.717, 1.165) is 33.8 Å². The predicted octanol–water partition coefficient (Wildman–Crippen LogP) is 4.32. The quantitative estimate of drug-likeness (QED) is 0.630. The third kappa shape index (κ3) is 4.19. The number of pyridine rings is 1. The average Bonchev–Trinajstić information content (AvgIpc) is 3.03. The van der Waals surface area contributed by atoms with Crippen LogP contribution in [0.25, 0.3) is 10.9 Å². The van der Waals surface area contributed by atoms with Crippen LogP contribution < -0.4 is 10.1 Å². The first-order valence-corrected chi connectivity index (χ1v) is 9.60. The third-order valence-corrected chi connectivity index (χ3v) is 5.43. The van der Waals surface area contributed by atoms with Crippen LogP contribution >= 0.6 is 11.3 Å². The minimum atomic E-state index is -0.0567. The van der Waals surface area contributed by atoms with Crippen molar-refractivity contribution in [1.82, 2.24) is 15.3 Å². The molecule has 0 aliphatic heterocycles. The van der Waals surface area contributed by atoms with Crippen LogP contribution in [0.15, 0.2) is 36.5 Å². The lowest BCUT2D eigenvalue weighted by Gasteiger charge is -2.09. The van der Waals surface area contributed by atoms with Crippen molar-refractivity contribution in [3.8, 4) is 5.75 Å². The van der Waals surface area contributed by atoms with Gasteiger partial charge in [-0.05, 0) is 25.5 Å². The predicted molar refractivity (Wildman–Crippen MR) is 105 cm³/mol. The molecule has 0 saturated heterocycles. The van der Waals surface area contributed by atoms with Crippen molar-refractivity contribution in [2.75, 3.05) is 13.2 Å². The van der Waals surface area contributed by atoms with E-state index in [0.29, 0.717) is 23.9 Å². The fourth-order valence-corrected chi connectivity index (χ4v) is 3.59. The van der Waals surface area contributed by atoms with E-state index in [-0.39, 0.29) is 5.91 Å². The molecule has 5 nitrogen and oxygen atoms in total. The number of amides is 1. The highest BCUT2D eigenvalue weighted by atomic mass is 32.1. The maximum atomic E-state index is 12.3. The van der Waals surface area contributed by atoms with Crippen molar-refractivity contribution in [3.05, 3.63) is 52.1 Å². The molecule has 26 heavy (non-hydrogen) atoms. The number of ether oxygens (including phenoxy) is 1. The van der Waals surface area contributed by atoms with E-state index >= 15 is 0 Å². The first kappa shape index (κ1) is 18.3. The van der Waals surface area contributed by atoms with Crippen LogP contribution in [0.1, 0.15) is 46.6 Å². The van der Waals surface area contributed by atoms with Gasteiger partial charge in [0.1, 0.15) is 16.1 Å². The summed E-state index contributed by atoms with van der Waals surface area (Å²) >= 11 is 1.48. The van der Waals surface area contributed by atoms with Gasteiger partial charge in [0.15, 0.2) is 0 Å². The number of nitrogens with zero attached hydrogens (tertiary/aromatic N) is 2. The zero-order valence-electron chi connectivity index (χ0n) is 15.3. The standard InChI is InChI=1S/C20H23N3O2S/c1-13(2)20-23-14(3)18(26-20)19(24)22-11-6-12-25-16-9-4-7-15-8-5-10-21-17(15)16/h4-5,7-10,13H,6,11-12H2,1-3H3,(H,22,24). The summed E-state index contributed by atoms with van der Waals surface area (Å²) in [4.78, 5) is 21.9. The van der Waals surface area contributed by atoms with Crippen LogP contribution in [-0.4, -0.2) is 29.0 Å². The summed E-state index contributed by atoms with van der Waals surface area (Å²) in [5, 5.41) is 5.01. The summed E-state index contributed by atoms with van der Waals surface area (Å²) in [5.74, 6) is 1.05. The number of aromatic nitrogens is 2. The molecule has 1 N–H and O–H groups in total. The summed E-state index contributed by atoms with van der Waals surface area (Å²) < 4.78 is 5.84. The van der Waals surface area contributed by atoms with E-state index in [4.69, 9.17) is 4.74 Å². The average molecular weight is 369 g/mol. The van der Waals surface area contributed by atoms with Crippen LogP contribution in [0.5, 0.6) is 5.75 Å². The monoisotopic (exact) mass is 369 g/mol. The molecule has 0 bridgehead atoms. The van der Waals surface area contributed by atoms with Crippen LogP contribution in [0.3, 0.4) is 0 Å². The maximum absolute atomic E-state index is 12.3. The summed E-state index contributed by atoms with van der Waals surface area (Å²) in [7, 11) is 0. The second-order valence-electron chi connectivity index (χ2n) is 6.41. The Kier molecular flexibility index (Phi) is 5.83. The van der Waals surface area contributed by atoms with Crippen molar-refractivity contribution in [2.45, 2.75) is 33.1 Å². The molecular formula is C20H23N3O2S. The first-order valence-electron chi connectivity index (χ1n) is 8.78. The van der Waals surface area contributed by atoms with Gasteiger partial charge in [-0.15, -0.1) is 11.3 Å². The molecule has 3 aromatic rings. The summed E-state index contributed by atoms with van der Waals surface area (Å²) in [6.45, 7) is 7.13. The number of rotatable bonds is 7. The number of hydrogen-bond acceptors (Lipinski definition) is 5. The minimum Gasteiger partial charge on any atom is -0.491 e. The molecule has 0 aliphatic rings. The number of nitrogens with one attached hydrogen (secondary N) is 1. The van der Waals surface area contributed by atoms with E-state index in [1.54, 1.807) is 6.20 Å². The number of fused-ring (bicyclic) bond motifs is 1. The Hall–Kier alpha value is -2.47. The Labute approximate surface area is 157 Å². The summed E-state index contributed by atoms with van der Waals surface area (Å²) in [6.07, 6.45) is 2.49. The SMILES string of the molecule is Cc1nc(C(C)C)sc1C(=O)NCCCOc1cccc2cccnc12. The Balaban J connectivity index is 1.49. The summed E-state index contributed by atoms with van der Waals surface area (Å²) in [6, 6.07) is 9.81. The van der Waals surface area contributed by atoms with Gasteiger partial charge >= 0.3 is 0 Å². The van der Waals surface area contributed by atoms with Crippen molar-refractivity contribution >= 4 is 28.1 Å². The lowest BCUT2D eigenvalue weighted by atomic mass is 10.2. The molecule has 0 aliphatic carbocycles. The zero-order chi connectivity index (χ0) is 18.5. The van der Waals surface area contributed by atoms with E-state index < -0.39 is 0 Å². The minimum absolute atomic E-state index is 0.0567. The molecule has 0 unspecified atom stereocenters. The Bertz CT molecular complexity index is 900. The molecule has 136 valence electrons. The van der Waals surface area contributed by atoms with E-state index in [2.05, 4.69) is 29.1 Å². The first-order chi connectivity index (χ1) is 12.6. The Morgan fingerprint density at radius 3 is 2.85 bits per heavy atom. The van der Waals surface area contributed by atoms with Crippen molar-refractivity contribution in [3.63, 3.8) is 0 Å². The molecule has 2 aromatic heterocycles. The largest absolute Gasteiger partial charge is 0.491 e. The normalized spacial score (nSPS) is 11.1. The molecule has 0 saturated carbocycles. The zero-order valence-corrected chi connectivity index (χ0v) is 16.1. The molecule has 0 radical (unpaired) electrons. The van der Waals surface area contributed by atoms with Crippen LogP contribution in [-0.2, 0) is 0 Å². The van der Waals surface area contributed by atoms with E-state index in [1.165, 1.54) is 11.3 Å². The van der Waals surface area contributed by atoms with E-state index in [9.17, 15) is 4.79 Å². The van der Waals surface area contributed by atoms with Gasteiger partial charge in [-0.25, -0.2) is 4.98 Å². The number of hydrogen-bond donors (Lipinski definition) is 1. The van der Waals surface area contributed by atoms with Gasteiger partial charge in [-0.3, -0.25) is 9.78 Å². The molecule has 0 spiro atoms. The van der Waals surface area contributed by atoms with Gasteiger partial charge in [0.25, 0.3) is 5.91 Å². The molecular weight excluding hydrogens is 346 g/mol. The fourth-order valence-electron chi connectivity index (χ4n) is 2.60. The van der Waals surface area contributed by atoms with Crippen LogP contribution in [0.2, 0.25) is 0 Å². The molecule has 3 rings (SSSR count). The number of carbonyl (C=O) groups is 1. The highest BCUT2D eigenvalue weighted by Gasteiger charge is 2.16. The number of aryl methyl sites for hydroxylation is 1. The number of benzene rings is 1. The lowest BCUT2D eigenvalue weighted by molar-refractivity contribution is 0.0955. The third-order valence-electron chi connectivity index (χ3n) is 3.97. The summed E-state index contributed by atoms with van der Waals surface area (Å²) in [5.41, 5.74) is 1.66. The molecule has 2 heterocycles. The van der Waals surface area contributed by atoms with Gasteiger partial charge in [0, 0.05) is 24.0 Å². The number of para-hydroxylation sites is 1. The Morgan fingerprint density at radius 2 is 2.08 bits per heavy atom. The fraction of sp³-hybridized carbons (Fsp3) is 0.350. The van der Waals surface area contributed by atoms with Gasteiger partial charge in [0.05, 0.1) is 17.3 Å². The van der Waals surface area contributed by atoms with Gasteiger partial charge in [-0.1, -0.05) is 32.0 Å². The molecule has 0 atom stereocenters. The second kappa shape index (κ2) is 8.27. The highest BCUT2D eigenvalue weighted by Crippen LogP contribution is 2.24. The van der Waals surface area contributed by atoms with Gasteiger partial charge < -0.3 is 10.1 Å². The van der Waals surface area contributed by atoms with Gasteiger partial charge in [0.2, 0.25) is 0 Å². The van der Waals surface area contributed by atoms with Crippen LogP contribution in [0.4, 0.5) is 0 Å². The van der Waals surface area contributed by atoms with Crippen molar-refractivity contribution in [2.24, 2.45) is 0 Å². The smallest absolute Gasteiger partial charge is 0.263 e. The molecule has 1 amide bonds. The lowest BCUT2D eigenvalue weighted by Crippen LogP contribution is -2.25.